The van der Waals surface area contributed by atoms with E-state index in [4.69, 9.17) is 9.47 Å². The molecule has 1 fully saturated rings. The minimum absolute atomic E-state index is 0.0572. The fourth-order valence-corrected chi connectivity index (χ4v) is 3.14. The maximum absolute atomic E-state index is 13.9. The SMILES string of the molecule is COc1ccccc1OCC(=O)N1CCCN(C(=O)c2ccccc2F)CC1. The van der Waals surface area contributed by atoms with E-state index >= 15 is 0 Å². The first-order valence-corrected chi connectivity index (χ1v) is 9.17. The van der Waals surface area contributed by atoms with Gasteiger partial charge in [-0.15, -0.1) is 0 Å². The molecule has 2 aromatic carbocycles. The van der Waals surface area contributed by atoms with E-state index in [-0.39, 0.29) is 24.0 Å². The number of ether oxygens (including phenoxy) is 2. The zero-order valence-electron chi connectivity index (χ0n) is 15.8. The molecule has 0 spiro atoms. The van der Waals surface area contributed by atoms with Crippen molar-refractivity contribution >= 4 is 11.8 Å². The molecule has 1 aliphatic rings. The largest absolute Gasteiger partial charge is 0.493 e. The van der Waals surface area contributed by atoms with Crippen LogP contribution >= 0.6 is 0 Å². The van der Waals surface area contributed by atoms with E-state index in [0.29, 0.717) is 44.1 Å². The standard InChI is InChI=1S/C21H23FN2O4/c1-27-18-9-4-5-10-19(18)28-15-20(25)23-11-6-12-24(14-13-23)21(26)16-7-2-3-8-17(16)22/h2-5,7-10H,6,11-15H2,1H3. The van der Waals surface area contributed by atoms with Gasteiger partial charge in [-0.25, -0.2) is 4.39 Å². The number of methoxy groups -OCH3 is 1. The summed E-state index contributed by atoms with van der Waals surface area (Å²) >= 11 is 0. The average Bonchev–Trinajstić information content (AvgIpc) is 2.98. The Morgan fingerprint density at radius 2 is 1.57 bits per heavy atom. The summed E-state index contributed by atoms with van der Waals surface area (Å²) in [5.74, 6) is 0.0241. The number of nitrogens with zero attached hydrogens (tertiary/aromatic N) is 2. The van der Waals surface area contributed by atoms with E-state index in [1.165, 1.54) is 12.1 Å². The van der Waals surface area contributed by atoms with Crippen molar-refractivity contribution in [2.45, 2.75) is 6.42 Å². The van der Waals surface area contributed by atoms with Gasteiger partial charge in [0.1, 0.15) is 5.82 Å². The lowest BCUT2D eigenvalue weighted by molar-refractivity contribution is -0.133. The van der Waals surface area contributed by atoms with Gasteiger partial charge < -0.3 is 19.3 Å². The normalized spacial score (nSPS) is 14.4. The number of benzene rings is 2. The van der Waals surface area contributed by atoms with Crippen molar-refractivity contribution in [1.29, 1.82) is 0 Å². The van der Waals surface area contributed by atoms with E-state index in [0.717, 1.165) is 0 Å². The lowest BCUT2D eigenvalue weighted by Crippen LogP contribution is -2.39. The van der Waals surface area contributed by atoms with Gasteiger partial charge in [-0.1, -0.05) is 24.3 Å². The molecule has 0 radical (unpaired) electrons. The van der Waals surface area contributed by atoms with Crippen LogP contribution in [0.25, 0.3) is 0 Å². The molecule has 1 heterocycles. The van der Waals surface area contributed by atoms with Gasteiger partial charge in [0, 0.05) is 26.2 Å². The fraction of sp³-hybridized carbons (Fsp3) is 0.333. The van der Waals surface area contributed by atoms with Crippen molar-refractivity contribution < 1.29 is 23.5 Å². The van der Waals surface area contributed by atoms with Gasteiger partial charge in [0.2, 0.25) is 0 Å². The van der Waals surface area contributed by atoms with Gasteiger partial charge >= 0.3 is 0 Å². The summed E-state index contributed by atoms with van der Waals surface area (Å²) in [5.41, 5.74) is 0.0572. The smallest absolute Gasteiger partial charge is 0.260 e. The van der Waals surface area contributed by atoms with Crippen LogP contribution in [-0.4, -0.2) is 61.5 Å². The molecule has 0 saturated carbocycles. The van der Waals surface area contributed by atoms with Crippen molar-refractivity contribution in [3.8, 4) is 11.5 Å². The van der Waals surface area contributed by atoms with Gasteiger partial charge in [0.15, 0.2) is 18.1 Å². The molecule has 3 rings (SSSR count). The van der Waals surface area contributed by atoms with Crippen LogP contribution in [0.1, 0.15) is 16.8 Å². The summed E-state index contributed by atoms with van der Waals surface area (Å²) in [4.78, 5) is 28.4. The Balaban J connectivity index is 1.56. The molecule has 0 unspecified atom stereocenters. The van der Waals surface area contributed by atoms with Crippen molar-refractivity contribution in [2.24, 2.45) is 0 Å². The van der Waals surface area contributed by atoms with Crippen molar-refractivity contribution in [3.05, 3.63) is 59.9 Å². The quantitative estimate of drug-likeness (QED) is 0.793. The van der Waals surface area contributed by atoms with Crippen LogP contribution in [0, 0.1) is 5.82 Å². The third-order valence-electron chi connectivity index (χ3n) is 4.66. The number of para-hydroxylation sites is 2. The van der Waals surface area contributed by atoms with E-state index in [1.54, 1.807) is 47.2 Å². The van der Waals surface area contributed by atoms with Crippen molar-refractivity contribution in [2.75, 3.05) is 39.9 Å². The molecule has 0 atom stereocenters. The van der Waals surface area contributed by atoms with Crippen LogP contribution in [0.15, 0.2) is 48.5 Å². The summed E-state index contributed by atoms with van der Waals surface area (Å²) in [6.07, 6.45) is 0.626. The van der Waals surface area contributed by atoms with E-state index < -0.39 is 5.82 Å². The monoisotopic (exact) mass is 386 g/mol. The van der Waals surface area contributed by atoms with Crippen LogP contribution in [0.2, 0.25) is 0 Å². The summed E-state index contributed by atoms with van der Waals surface area (Å²) in [6.45, 7) is 1.63. The number of hydrogen-bond acceptors (Lipinski definition) is 4. The van der Waals surface area contributed by atoms with Gasteiger partial charge in [-0.2, -0.15) is 0 Å². The molecule has 2 aromatic rings. The highest BCUT2D eigenvalue weighted by atomic mass is 19.1. The number of carbonyl (C=O) groups is 2. The predicted molar refractivity (Wildman–Crippen MR) is 102 cm³/mol. The molecule has 1 saturated heterocycles. The second-order valence-electron chi connectivity index (χ2n) is 6.45. The molecule has 2 amide bonds. The maximum atomic E-state index is 13.9. The summed E-state index contributed by atoms with van der Waals surface area (Å²) in [7, 11) is 1.54. The molecule has 0 aromatic heterocycles. The van der Waals surface area contributed by atoms with E-state index in [1.807, 2.05) is 6.07 Å². The molecule has 1 aliphatic heterocycles. The van der Waals surface area contributed by atoms with Crippen LogP contribution in [-0.2, 0) is 4.79 Å². The highest BCUT2D eigenvalue weighted by Gasteiger charge is 2.24. The maximum Gasteiger partial charge on any atom is 0.260 e. The Morgan fingerprint density at radius 3 is 2.32 bits per heavy atom. The van der Waals surface area contributed by atoms with Crippen molar-refractivity contribution in [3.63, 3.8) is 0 Å². The summed E-state index contributed by atoms with van der Waals surface area (Å²) < 4.78 is 24.7. The first kappa shape index (κ1) is 19.7. The summed E-state index contributed by atoms with van der Waals surface area (Å²) in [5, 5.41) is 0. The first-order chi connectivity index (χ1) is 13.6. The molecule has 7 heteroatoms. The van der Waals surface area contributed by atoms with Gasteiger partial charge in [0.05, 0.1) is 12.7 Å². The highest BCUT2D eigenvalue weighted by Crippen LogP contribution is 2.25. The van der Waals surface area contributed by atoms with Crippen molar-refractivity contribution in [1.82, 2.24) is 9.80 Å². The van der Waals surface area contributed by atoms with Crippen LogP contribution in [0.5, 0.6) is 11.5 Å². The average molecular weight is 386 g/mol. The number of carbonyl (C=O) groups excluding carboxylic acids is 2. The summed E-state index contributed by atoms with van der Waals surface area (Å²) in [6, 6.07) is 13.1. The molecule has 0 bridgehead atoms. The highest BCUT2D eigenvalue weighted by molar-refractivity contribution is 5.94. The zero-order chi connectivity index (χ0) is 19.9. The second kappa shape index (κ2) is 9.21. The van der Waals surface area contributed by atoms with Gasteiger partial charge in [-0.3, -0.25) is 9.59 Å². The zero-order valence-corrected chi connectivity index (χ0v) is 15.8. The molecular formula is C21H23FN2O4. The minimum Gasteiger partial charge on any atom is -0.493 e. The lowest BCUT2D eigenvalue weighted by atomic mass is 10.2. The second-order valence-corrected chi connectivity index (χ2v) is 6.45. The Morgan fingerprint density at radius 1 is 0.929 bits per heavy atom. The van der Waals surface area contributed by atoms with Crippen LogP contribution in [0.3, 0.4) is 0 Å². The van der Waals surface area contributed by atoms with Crippen LogP contribution < -0.4 is 9.47 Å². The molecule has 148 valence electrons. The topological polar surface area (TPSA) is 59.1 Å². The third-order valence-corrected chi connectivity index (χ3v) is 4.66. The van der Waals surface area contributed by atoms with E-state index in [9.17, 15) is 14.0 Å². The fourth-order valence-electron chi connectivity index (χ4n) is 3.14. The molecular weight excluding hydrogens is 363 g/mol. The first-order valence-electron chi connectivity index (χ1n) is 9.17. The molecule has 6 nitrogen and oxygen atoms in total. The number of halogens is 1. The predicted octanol–water partition coefficient (Wildman–Crippen LogP) is 2.59. The minimum atomic E-state index is -0.533. The van der Waals surface area contributed by atoms with Crippen LogP contribution in [0.4, 0.5) is 4.39 Å². The third kappa shape index (κ3) is 4.60. The molecule has 28 heavy (non-hydrogen) atoms. The Labute approximate surface area is 163 Å². The van der Waals surface area contributed by atoms with Gasteiger partial charge in [-0.05, 0) is 30.7 Å². The number of rotatable bonds is 5. The molecule has 0 N–H and O–H groups in total. The lowest BCUT2D eigenvalue weighted by Gasteiger charge is -2.22. The van der Waals surface area contributed by atoms with Gasteiger partial charge in [0.25, 0.3) is 11.8 Å². The Hall–Kier alpha value is -3.09. The Kier molecular flexibility index (Phi) is 6.47. The van der Waals surface area contributed by atoms with E-state index in [2.05, 4.69) is 0 Å². The number of hydrogen-bond donors (Lipinski definition) is 0. The Bertz CT molecular complexity index is 843. The number of amides is 2. The molecule has 0 aliphatic carbocycles.